The fourth-order valence-corrected chi connectivity index (χ4v) is 3.29. The first-order valence-electron chi connectivity index (χ1n) is 8.38. The first-order chi connectivity index (χ1) is 13.1. The molecular formula is C19H19N3O4S. The molecule has 8 heteroatoms. The zero-order chi connectivity index (χ0) is 19.2. The number of ether oxygens (including phenoxy) is 1. The van der Waals surface area contributed by atoms with Gasteiger partial charge in [-0.3, -0.25) is 4.79 Å². The van der Waals surface area contributed by atoms with Crippen molar-refractivity contribution < 1.29 is 18.7 Å². The third kappa shape index (κ3) is 4.79. The van der Waals surface area contributed by atoms with Crippen LogP contribution < -0.4 is 5.32 Å². The maximum absolute atomic E-state index is 12.3. The van der Waals surface area contributed by atoms with Gasteiger partial charge in [-0.15, -0.1) is 21.5 Å². The van der Waals surface area contributed by atoms with Crippen molar-refractivity contribution in [1.29, 1.82) is 0 Å². The molecule has 3 rings (SSSR count). The van der Waals surface area contributed by atoms with E-state index in [2.05, 4.69) is 15.5 Å². The van der Waals surface area contributed by atoms with E-state index in [4.69, 9.17) is 9.15 Å². The van der Waals surface area contributed by atoms with Crippen LogP contribution >= 0.6 is 11.3 Å². The summed E-state index contributed by atoms with van der Waals surface area (Å²) < 4.78 is 10.4. The summed E-state index contributed by atoms with van der Waals surface area (Å²) >= 11 is 1.56. The third-order valence-electron chi connectivity index (χ3n) is 3.86. The Kier molecular flexibility index (Phi) is 5.97. The smallest absolute Gasteiger partial charge is 0.333 e. The van der Waals surface area contributed by atoms with Crippen LogP contribution in [0.5, 0.6) is 0 Å². The molecule has 0 aliphatic carbocycles. The van der Waals surface area contributed by atoms with Crippen LogP contribution in [0.1, 0.15) is 28.8 Å². The predicted octanol–water partition coefficient (Wildman–Crippen LogP) is 3.07. The van der Waals surface area contributed by atoms with Crippen LogP contribution in [0.3, 0.4) is 0 Å². The fraction of sp³-hybridized carbons (Fsp3) is 0.263. The van der Waals surface area contributed by atoms with E-state index in [1.807, 2.05) is 25.1 Å². The number of thiophene rings is 1. The highest BCUT2D eigenvalue weighted by Gasteiger charge is 2.23. The van der Waals surface area contributed by atoms with E-state index in [0.29, 0.717) is 17.3 Å². The minimum atomic E-state index is -0.851. The van der Waals surface area contributed by atoms with Crippen LogP contribution in [0.4, 0.5) is 0 Å². The Morgan fingerprint density at radius 2 is 1.96 bits per heavy atom. The maximum atomic E-state index is 12.3. The lowest BCUT2D eigenvalue weighted by Crippen LogP contribution is -2.34. The van der Waals surface area contributed by atoms with Gasteiger partial charge in [0.15, 0.2) is 6.04 Å². The number of nitrogens with zero attached hydrogens (tertiary/aromatic N) is 2. The van der Waals surface area contributed by atoms with Crippen LogP contribution in [0, 0.1) is 6.92 Å². The van der Waals surface area contributed by atoms with Gasteiger partial charge < -0.3 is 14.5 Å². The highest BCUT2D eigenvalue weighted by atomic mass is 32.1. The molecule has 2 aromatic heterocycles. The first kappa shape index (κ1) is 18.8. The van der Waals surface area contributed by atoms with E-state index < -0.39 is 12.0 Å². The average Bonchev–Trinajstić information content (AvgIpc) is 3.33. The van der Waals surface area contributed by atoms with Crippen molar-refractivity contribution in [3.05, 3.63) is 58.8 Å². The molecule has 1 N–H and O–H groups in total. The molecule has 0 saturated carbocycles. The summed E-state index contributed by atoms with van der Waals surface area (Å²) in [6.45, 7) is 2.00. The second kappa shape index (κ2) is 8.59. The van der Waals surface area contributed by atoms with Gasteiger partial charge in [-0.05, 0) is 24.6 Å². The molecule has 0 aliphatic rings. The zero-order valence-corrected chi connectivity index (χ0v) is 15.8. The highest BCUT2D eigenvalue weighted by Crippen LogP contribution is 2.26. The molecule has 3 aromatic rings. The molecule has 1 aromatic carbocycles. The normalized spacial score (nSPS) is 11.8. The van der Waals surface area contributed by atoms with E-state index >= 15 is 0 Å². The number of rotatable bonds is 7. The Balaban J connectivity index is 1.60. The lowest BCUT2D eigenvalue weighted by molar-refractivity contribution is -0.145. The molecule has 0 aliphatic heterocycles. The van der Waals surface area contributed by atoms with Crippen molar-refractivity contribution in [1.82, 2.24) is 15.5 Å². The van der Waals surface area contributed by atoms with Gasteiger partial charge >= 0.3 is 5.97 Å². The van der Waals surface area contributed by atoms with Crippen molar-refractivity contribution in [2.75, 3.05) is 7.11 Å². The fourth-order valence-electron chi connectivity index (χ4n) is 2.50. The number of carbonyl (C=O) groups is 2. The minimum Gasteiger partial charge on any atom is -0.467 e. The summed E-state index contributed by atoms with van der Waals surface area (Å²) in [5, 5.41) is 10.7. The Morgan fingerprint density at radius 3 is 2.63 bits per heavy atom. The molecule has 0 radical (unpaired) electrons. The zero-order valence-electron chi connectivity index (χ0n) is 15.0. The van der Waals surface area contributed by atoms with E-state index in [9.17, 15) is 9.59 Å². The molecule has 0 saturated heterocycles. The lowest BCUT2D eigenvalue weighted by atomic mass is 10.1. The summed E-state index contributed by atoms with van der Waals surface area (Å²) in [5.74, 6) is -0.00979. The number of carbonyl (C=O) groups excluding carboxylic acids is 2. The number of hydrogen-bond donors (Lipinski definition) is 1. The van der Waals surface area contributed by atoms with Gasteiger partial charge in [-0.2, -0.15) is 0 Å². The third-order valence-corrected chi connectivity index (χ3v) is 4.85. The predicted molar refractivity (Wildman–Crippen MR) is 100 cm³/mol. The molecule has 0 bridgehead atoms. The summed E-state index contributed by atoms with van der Waals surface area (Å²) in [4.78, 5) is 26.3. The van der Waals surface area contributed by atoms with Crippen molar-refractivity contribution in [2.45, 2.75) is 25.8 Å². The number of aromatic nitrogens is 2. The van der Waals surface area contributed by atoms with E-state index in [1.165, 1.54) is 7.11 Å². The van der Waals surface area contributed by atoms with Crippen molar-refractivity contribution in [3.63, 3.8) is 0 Å². The van der Waals surface area contributed by atoms with Gasteiger partial charge in [0.1, 0.15) is 0 Å². The Hall–Kier alpha value is -3.00. The van der Waals surface area contributed by atoms with Gasteiger partial charge in [-0.25, -0.2) is 4.79 Å². The summed E-state index contributed by atoms with van der Waals surface area (Å²) in [6.07, 6.45) is 0.400. The number of esters is 1. The number of methoxy groups -OCH3 is 1. The standard InChI is InChI=1S/C19H19N3O4S/c1-12-8-9-14(27-12)18-22-21-16(26-18)11-10-15(23)20-17(19(24)25-2)13-6-4-3-5-7-13/h3-9,17H,10-11H2,1-2H3,(H,20,23)/t17-/m0/s1. The molecule has 140 valence electrons. The molecule has 0 unspecified atom stereocenters. The largest absolute Gasteiger partial charge is 0.467 e. The number of aryl methyl sites for hydroxylation is 2. The van der Waals surface area contributed by atoms with Gasteiger partial charge in [0.05, 0.1) is 12.0 Å². The summed E-state index contributed by atoms with van der Waals surface area (Å²) in [7, 11) is 1.29. The Morgan fingerprint density at radius 1 is 1.19 bits per heavy atom. The summed E-state index contributed by atoms with van der Waals surface area (Å²) in [5.41, 5.74) is 0.658. The van der Waals surface area contributed by atoms with Crippen LogP contribution in [0.15, 0.2) is 46.9 Å². The van der Waals surface area contributed by atoms with Crippen molar-refractivity contribution in [2.24, 2.45) is 0 Å². The van der Waals surface area contributed by atoms with Crippen LogP contribution in [-0.2, 0) is 20.7 Å². The minimum absolute atomic E-state index is 0.116. The number of amides is 1. The van der Waals surface area contributed by atoms with Gasteiger partial charge in [-0.1, -0.05) is 30.3 Å². The Labute approximate surface area is 160 Å². The second-order valence-electron chi connectivity index (χ2n) is 5.85. The Bertz CT molecular complexity index is 920. The first-order valence-corrected chi connectivity index (χ1v) is 9.20. The molecule has 0 fully saturated rings. The second-order valence-corrected chi connectivity index (χ2v) is 7.13. The molecule has 1 amide bonds. The van der Waals surface area contributed by atoms with Crippen LogP contribution in [0.2, 0.25) is 0 Å². The average molecular weight is 385 g/mol. The molecule has 0 spiro atoms. The molecule has 7 nitrogen and oxygen atoms in total. The molecular weight excluding hydrogens is 366 g/mol. The van der Waals surface area contributed by atoms with E-state index in [1.54, 1.807) is 35.6 Å². The topological polar surface area (TPSA) is 94.3 Å². The SMILES string of the molecule is COC(=O)[C@@H](NC(=O)CCc1nnc(-c2ccc(C)s2)o1)c1ccccc1. The molecule has 2 heterocycles. The maximum Gasteiger partial charge on any atom is 0.333 e. The van der Waals surface area contributed by atoms with E-state index in [0.717, 1.165) is 9.75 Å². The van der Waals surface area contributed by atoms with Crippen LogP contribution in [0.25, 0.3) is 10.8 Å². The number of hydrogen-bond acceptors (Lipinski definition) is 7. The molecule has 27 heavy (non-hydrogen) atoms. The monoisotopic (exact) mass is 385 g/mol. The van der Waals surface area contributed by atoms with Crippen molar-refractivity contribution >= 4 is 23.2 Å². The van der Waals surface area contributed by atoms with Gasteiger partial charge in [0.2, 0.25) is 11.8 Å². The van der Waals surface area contributed by atoms with Gasteiger partial charge in [0, 0.05) is 17.7 Å². The van der Waals surface area contributed by atoms with Gasteiger partial charge in [0.25, 0.3) is 5.89 Å². The van der Waals surface area contributed by atoms with E-state index in [-0.39, 0.29) is 18.7 Å². The highest BCUT2D eigenvalue weighted by molar-refractivity contribution is 7.15. The van der Waals surface area contributed by atoms with Crippen LogP contribution in [-0.4, -0.2) is 29.2 Å². The number of benzene rings is 1. The quantitative estimate of drug-likeness (QED) is 0.628. The lowest BCUT2D eigenvalue weighted by Gasteiger charge is -2.16. The molecule has 1 atom stereocenters. The summed E-state index contributed by atoms with van der Waals surface area (Å²) in [6, 6.07) is 12.0. The van der Waals surface area contributed by atoms with Crippen molar-refractivity contribution in [3.8, 4) is 10.8 Å². The number of nitrogens with one attached hydrogen (secondary N) is 1.